The Morgan fingerprint density at radius 2 is 1.63 bits per heavy atom. The van der Waals surface area contributed by atoms with Crippen LogP contribution in [0.1, 0.15) is 27.5 Å². The van der Waals surface area contributed by atoms with Gasteiger partial charge in [0.05, 0.1) is 35.1 Å². The standard InChI is InChI=1S/C28H21BrN2O4/c1-35-21-12-11-17(15-20(21)29)26(32)25-23-22(24-19-10-6-5-7-16(19)13-14-30(24)25)27(33)31(28(23)34)18-8-3-2-4-9-18/h2-15,22-25H,1H3/t22-,23+,24+,25-/m0/s1. The van der Waals surface area contributed by atoms with Crippen molar-refractivity contribution < 1.29 is 19.1 Å². The molecule has 3 aromatic carbocycles. The number of carbonyl (C=O) groups excluding carboxylic acids is 3. The number of anilines is 1. The highest BCUT2D eigenvalue weighted by Crippen LogP contribution is 2.53. The molecule has 0 spiro atoms. The molecule has 0 bridgehead atoms. The number of methoxy groups -OCH3 is 1. The minimum Gasteiger partial charge on any atom is -0.496 e. The summed E-state index contributed by atoms with van der Waals surface area (Å²) < 4.78 is 5.96. The van der Waals surface area contributed by atoms with E-state index < -0.39 is 23.9 Å². The van der Waals surface area contributed by atoms with Crippen molar-refractivity contribution in [3.05, 3.63) is 100 Å². The van der Waals surface area contributed by atoms with E-state index in [2.05, 4.69) is 15.9 Å². The van der Waals surface area contributed by atoms with Gasteiger partial charge in [0.1, 0.15) is 11.8 Å². The lowest BCUT2D eigenvalue weighted by Crippen LogP contribution is -2.44. The summed E-state index contributed by atoms with van der Waals surface area (Å²) in [7, 11) is 1.56. The molecule has 7 heteroatoms. The van der Waals surface area contributed by atoms with E-state index in [0.717, 1.165) is 11.1 Å². The monoisotopic (exact) mass is 528 g/mol. The van der Waals surface area contributed by atoms with Gasteiger partial charge in [0.2, 0.25) is 11.8 Å². The third-order valence-corrected chi connectivity index (χ3v) is 7.80. The number of carbonyl (C=O) groups is 3. The van der Waals surface area contributed by atoms with Crippen molar-refractivity contribution in [2.45, 2.75) is 12.1 Å². The summed E-state index contributed by atoms with van der Waals surface area (Å²) >= 11 is 3.46. The van der Waals surface area contributed by atoms with Crippen LogP contribution in [0.25, 0.3) is 6.08 Å². The van der Waals surface area contributed by atoms with Gasteiger partial charge in [-0.25, -0.2) is 4.90 Å². The van der Waals surface area contributed by atoms with Gasteiger partial charge in [-0.1, -0.05) is 42.5 Å². The second-order valence-electron chi connectivity index (χ2n) is 8.89. The summed E-state index contributed by atoms with van der Waals surface area (Å²) in [5.74, 6) is -1.65. The molecule has 0 aliphatic carbocycles. The highest BCUT2D eigenvalue weighted by molar-refractivity contribution is 9.10. The smallest absolute Gasteiger partial charge is 0.240 e. The van der Waals surface area contributed by atoms with E-state index in [-0.39, 0.29) is 17.6 Å². The third kappa shape index (κ3) is 3.18. The first kappa shape index (κ1) is 21.8. The molecular formula is C28H21BrN2O4. The fourth-order valence-electron chi connectivity index (χ4n) is 5.68. The minimum atomic E-state index is -0.805. The van der Waals surface area contributed by atoms with Gasteiger partial charge < -0.3 is 9.64 Å². The molecular weight excluding hydrogens is 508 g/mol. The third-order valence-electron chi connectivity index (χ3n) is 7.18. The molecule has 0 N–H and O–H groups in total. The number of imide groups is 1. The maximum absolute atomic E-state index is 14.0. The van der Waals surface area contributed by atoms with Crippen molar-refractivity contribution >= 4 is 45.3 Å². The van der Waals surface area contributed by atoms with Crippen LogP contribution in [0.2, 0.25) is 0 Å². The van der Waals surface area contributed by atoms with Gasteiger partial charge >= 0.3 is 0 Å². The van der Waals surface area contributed by atoms with Crippen molar-refractivity contribution in [2.75, 3.05) is 12.0 Å². The van der Waals surface area contributed by atoms with Gasteiger partial charge in [-0.15, -0.1) is 0 Å². The molecule has 6 nitrogen and oxygen atoms in total. The van der Waals surface area contributed by atoms with Gasteiger partial charge in [-0.2, -0.15) is 0 Å². The molecule has 0 aromatic heterocycles. The average molecular weight is 529 g/mol. The Hall–Kier alpha value is -3.71. The molecule has 2 saturated heterocycles. The average Bonchev–Trinajstić information content (AvgIpc) is 3.36. The van der Waals surface area contributed by atoms with Gasteiger partial charge in [-0.05, 0) is 63.5 Å². The van der Waals surface area contributed by atoms with Crippen LogP contribution in [-0.2, 0) is 9.59 Å². The Kier molecular flexibility index (Phi) is 5.11. The van der Waals surface area contributed by atoms with Crippen LogP contribution >= 0.6 is 15.9 Å². The largest absolute Gasteiger partial charge is 0.496 e. The molecule has 6 rings (SSSR count). The van der Waals surface area contributed by atoms with Crippen LogP contribution in [-0.4, -0.2) is 35.6 Å². The Bertz CT molecular complexity index is 1400. The van der Waals surface area contributed by atoms with Crippen molar-refractivity contribution in [2.24, 2.45) is 11.8 Å². The fraction of sp³-hybridized carbons (Fsp3) is 0.179. The number of ketones is 1. The molecule has 3 aliphatic heterocycles. The zero-order chi connectivity index (χ0) is 24.3. The van der Waals surface area contributed by atoms with Crippen LogP contribution in [0.5, 0.6) is 5.75 Å². The Balaban J connectivity index is 1.49. The number of rotatable bonds is 4. The number of hydrogen-bond donors (Lipinski definition) is 0. The second-order valence-corrected chi connectivity index (χ2v) is 9.75. The van der Waals surface area contributed by atoms with Crippen molar-refractivity contribution in [1.82, 2.24) is 4.90 Å². The maximum Gasteiger partial charge on any atom is 0.240 e. The second kappa shape index (κ2) is 8.20. The number of para-hydroxylation sites is 1. The summed E-state index contributed by atoms with van der Waals surface area (Å²) in [6, 6.07) is 20.7. The summed E-state index contributed by atoms with van der Waals surface area (Å²) in [6.45, 7) is 0. The van der Waals surface area contributed by atoms with Crippen LogP contribution in [0.4, 0.5) is 5.69 Å². The molecule has 0 unspecified atom stereocenters. The molecule has 3 aromatic rings. The number of hydrogen-bond acceptors (Lipinski definition) is 5. The van der Waals surface area contributed by atoms with Gasteiger partial charge in [0.25, 0.3) is 0 Å². The predicted molar refractivity (Wildman–Crippen MR) is 135 cm³/mol. The molecule has 35 heavy (non-hydrogen) atoms. The van der Waals surface area contributed by atoms with E-state index in [4.69, 9.17) is 4.74 Å². The first-order chi connectivity index (χ1) is 17.0. The van der Waals surface area contributed by atoms with Crippen LogP contribution < -0.4 is 9.64 Å². The van der Waals surface area contributed by atoms with E-state index >= 15 is 0 Å². The maximum atomic E-state index is 14.0. The van der Waals surface area contributed by atoms with Crippen molar-refractivity contribution in [3.8, 4) is 5.75 Å². The number of ether oxygens (including phenoxy) is 1. The zero-order valence-corrected chi connectivity index (χ0v) is 20.4. The highest BCUT2D eigenvalue weighted by atomic mass is 79.9. The van der Waals surface area contributed by atoms with E-state index in [0.29, 0.717) is 21.5 Å². The SMILES string of the molecule is COc1ccc(C(=O)[C@@H]2[C@@H]3C(=O)N(c4ccccc4)C(=O)[C@@H]3[C@H]3c4ccccc4C=CN23)cc1Br. The number of fused-ring (bicyclic) bond motifs is 5. The highest BCUT2D eigenvalue weighted by Gasteiger charge is 2.64. The van der Waals surface area contributed by atoms with Crippen molar-refractivity contribution in [1.29, 1.82) is 0 Å². The first-order valence-corrected chi connectivity index (χ1v) is 12.2. The molecule has 2 fully saturated rings. The molecule has 4 atom stereocenters. The minimum absolute atomic E-state index is 0.203. The molecule has 0 saturated carbocycles. The normalized spacial score (nSPS) is 24.3. The summed E-state index contributed by atoms with van der Waals surface area (Å²) in [5.41, 5.74) is 2.92. The number of benzene rings is 3. The Morgan fingerprint density at radius 1 is 0.914 bits per heavy atom. The Morgan fingerprint density at radius 3 is 2.37 bits per heavy atom. The van der Waals surface area contributed by atoms with Crippen molar-refractivity contribution in [3.63, 3.8) is 0 Å². The zero-order valence-electron chi connectivity index (χ0n) is 18.8. The van der Waals surface area contributed by atoms with Gasteiger partial charge in [0, 0.05) is 11.8 Å². The van der Waals surface area contributed by atoms with E-state index in [1.807, 2.05) is 47.5 Å². The molecule has 174 valence electrons. The molecule has 3 aliphatic rings. The summed E-state index contributed by atoms with van der Waals surface area (Å²) in [4.78, 5) is 44.8. The first-order valence-electron chi connectivity index (χ1n) is 11.4. The van der Waals surface area contributed by atoms with E-state index in [1.165, 1.54) is 4.90 Å². The number of amides is 2. The number of halogens is 1. The number of Topliss-reactive ketones (excluding diaryl/α,β-unsaturated/α-hetero) is 1. The van der Waals surface area contributed by atoms with Gasteiger partial charge in [-0.3, -0.25) is 14.4 Å². The summed E-state index contributed by atoms with van der Waals surface area (Å²) in [5, 5.41) is 0. The van der Waals surface area contributed by atoms with E-state index in [1.54, 1.807) is 49.6 Å². The lowest BCUT2D eigenvalue weighted by atomic mass is 9.83. The molecule has 0 radical (unpaired) electrons. The summed E-state index contributed by atoms with van der Waals surface area (Å²) in [6.07, 6.45) is 3.81. The quantitative estimate of drug-likeness (QED) is 0.357. The van der Waals surface area contributed by atoms with Crippen LogP contribution in [0.15, 0.2) is 83.5 Å². The van der Waals surface area contributed by atoms with Crippen LogP contribution in [0, 0.1) is 11.8 Å². The predicted octanol–water partition coefficient (Wildman–Crippen LogP) is 4.86. The molecule has 3 heterocycles. The van der Waals surface area contributed by atoms with E-state index in [9.17, 15) is 14.4 Å². The lowest BCUT2D eigenvalue weighted by Gasteiger charge is -2.35. The molecule has 2 amide bonds. The number of nitrogens with zero attached hydrogens (tertiary/aromatic N) is 2. The fourth-order valence-corrected chi connectivity index (χ4v) is 6.22. The lowest BCUT2D eigenvalue weighted by molar-refractivity contribution is -0.123. The Labute approximate surface area is 210 Å². The van der Waals surface area contributed by atoms with Crippen LogP contribution in [0.3, 0.4) is 0 Å². The van der Waals surface area contributed by atoms with Gasteiger partial charge in [0.15, 0.2) is 5.78 Å². The topological polar surface area (TPSA) is 66.9 Å².